The standard InChI is InChI=1S/C42H18F39P/c43-25(44,28(49,50)31(55,56)34(61,62)37(67,68)40(73,74)75)16-13-19-1-7-22(8-2-19)82(23-9-3-20(4-10-23)14-17-26(45,46)29(51,52)32(57,58)35(63,64)38(69,70)41(76,77)78)24-11-5-21(6-12-24)15-18-27(47,48)30(53,54)33(59,60)36(65,66)39(71,72)42(79,80)81/h1-18H. The molecule has 464 valence electrons. The molecule has 0 radical (unpaired) electrons. The Kier molecular flexibility index (Phi) is 18.1. The number of rotatable bonds is 21. The van der Waals surface area contributed by atoms with E-state index in [9.17, 15) is 171 Å². The van der Waals surface area contributed by atoms with E-state index in [1.807, 2.05) is 0 Å². The maximum atomic E-state index is 14.4. The summed E-state index contributed by atoms with van der Waals surface area (Å²) in [5.74, 6) is -118. The van der Waals surface area contributed by atoms with Crippen LogP contribution in [0, 0.1) is 0 Å². The van der Waals surface area contributed by atoms with Crippen LogP contribution in [-0.4, -0.2) is 107 Å². The third-order valence-electron chi connectivity index (χ3n) is 10.8. The van der Waals surface area contributed by atoms with Crippen molar-refractivity contribution in [2.75, 3.05) is 0 Å². The number of allylic oxidation sites excluding steroid dienone is 3. The van der Waals surface area contributed by atoms with Crippen LogP contribution in [0.1, 0.15) is 16.7 Å². The first-order valence-electron chi connectivity index (χ1n) is 20.0. The summed E-state index contributed by atoms with van der Waals surface area (Å²) < 4.78 is 529. The fourth-order valence-corrected chi connectivity index (χ4v) is 8.15. The summed E-state index contributed by atoms with van der Waals surface area (Å²) in [7, 11) is -2.70. The summed E-state index contributed by atoms with van der Waals surface area (Å²) in [4.78, 5) is 0. The highest BCUT2D eigenvalue weighted by atomic mass is 31.1. The van der Waals surface area contributed by atoms with Gasteiger partial charge >= 0.3 is 107 Å². The summed E-state index contributed by atoms with van der Waals surface area (Å²) in [6, 6.07) is 6.19. The minimum Gasteiger partial charge on any atom is -0.195 e. The van der Waals surface area contributed by atoms with Crippen LogP contribution in [0.25, 0.3) is 18.2 Å². The van der Waals surface area contributed by atoms with Crippen molar-refractivity contribution in [3.63, 3.8) is 0 Å². The third kappa shape index (κ3) is 11.2. The molecule has 0 saturated carbocycles. The van der Waals surface area contributed by atoms with Crippen molar-refractivity contribution in [2.24, 2.45) is 0 Å². The number of halogens is 39. The highest BCUT2D eigenvalue weighted by Crippen LogP contribution is 2.64. The van der Waals surface area contributed by atoms with Crippen LogP contribution in [0.3, 0.4) is 0 Å². The normalized spacial score (nSPS) is 16.3. The van der Waals surface area contributed by atoms with Gasteiger partial charge in [-0.05, 0) is 58.8 Å². The lowest BCUT2D eigenvalue weighted by Crippen LogP contribution is -2.69. The number of alkyl halides is 39. The zero-order valence-electron chi connectivity index (χ0n) is 37.6. The molecule has 0 heterocycles. The largest absolute Gasteiger partial charge is 0.460 e. The Morgan fingerprint density at radius 1 is 0.195 bits per heavy atom. The molecule has 0 unspecified atom stereocenters. The molecular weight excluding hydrogens is 1280 g/mol. The van der Waals surface area contributed by atoms with E-state index in [2.05, 4.69) is 0 Å². The molecule has 0 aliphatic heterocycles. The van der Waals surface area contributed by atoms with Crippen LogP contribution in [-0.2, 0) is 0 Å². The molecule has 0 bridgehead atoms. The molecule has 0 amide bonds. The Morgan fingerprint density at radius 2 is 0.341 bits per heavy atom. The Balaban J connectivity index is 2.19. The fraction of sp³-hybridized carbons (Fsp3) is 0.429. The van der Waals surface area contributed by atoms with Crippen molar-refractivity contribution in [1.29, 1.82) is 0 Å². The zero-order chi connectivity index (χ0) is 64.8. The van der Waals surface area contributed by atoms with E-state index in [4.69, 9.17) is 0 Å². The highest BCUT2D eigenvalue weighted by molar-refractivity contribution is 7.79. The van der Waals surface area contributed by atoms with E-state index in [1.54, 1.807) is 0 Å². The number of hydrogen-bond acceptors (Lipinski definition) is 0. The van der Waals surface area contributed by atoms with Crippen LogP contribution in [0.15, 0.2) is 91.0 Å². The molecule has 0 atom stereocenters. The number of hydrogen-bond donors (Lipinski definition) is 0. The van der Waals surface area contributed by atoms with Crippen LogP contribution in [0.5, 0.6) is 0 Å². The van der Waals surface area contributed by atoms with Gasteiger partial charge in [0, 0.05) is 0 Å². The minimum absolute atomic E-state index is 0.408. The third-order valence-corrected chi connectivity index (χ3v) is 13.2. The van der Waals surface area contributed by atoms with Gasteiger partial charge in [0.05, 0.1) is 0 Å². The quantitative estimate of drug-likeness (QED) is 0.0737. The molecule has 82 heavy (non-hydrogen) atoms. The second-order valence-electron chi connectivity index (χ2n) is 16.4. The van der Waals surface area contributed by atoms with Crippen molar-refractivity contribution in [3.05, 3.63) is 108 Å². The van der Waals surface area contributed by atoms with Gasteiger partial charge in [-0.1, -0.05) is 91.0 Å². The predicted octanol–water partition coefficient (Wildman–Crippen LogP) is 17.7. The first kappa shape index (κ1) is 70.8. The second kappa shape index (κ2) is 21.0. The molecule has 0 aliphatic rings. The van der Waals surface area contributed by atoms with Gasteiger partial charge in [0.15, 0.2) is 0 Å². The van der Waals surface area contributed by atoms with Gasteiger partial charge in [0.1, 0.15) is 0 Å². The lowest BCUT2D eigenvalue weighted by molar-refractivity contribution is -0.436. The summed E-state index contributed by atoms with van der Waals surface area (Å²) in [6.07, 6.45) is -28.8. The Labute approximate surface area is 428 Å². The van der Waals surface area contributed by atoms with Crippen molar-refractivity contribution < 1.29 is 171 Å². The minimum atomic E-state index is -8.31. The van der Waals surface area contributed by atoms with Gasteiger partial charge in [0.25, 0.3) is 0 Å². The van der Waals surface area contributed by atoms with Gasteiger partial charge < -0.3 is 0 Å². The molecule has 0 nitrogen and oxygen atoms in total. The summed E-state index contributed by atoms with van der Waals surface area (Å²) in [6.45, 7) is 0. The van der Waals surface area contributed by atoms with E-state index in [0.717, 1.165) is 0 Å². The molecule has 3 rings (SSSR count). The highest BCUT2D eigenvalue weighted by Gasteiger charge is 2.93. The van der Waals surface area contributed by atoms with Gasteiger partial charge in [-0.3, -0.25) is 0 Å². The van der Waals surface area contributed by atoms with Crippen molar-refractivity contribution in [1.82, 2.24) is 0 Å². The van der Waals surface area contributed by atoms with Gasteiger partial charge in [-0.15, -0.1) is 0 Å². The van der Waals surface area contributed by atoms with Gasteiger partial charge in [-0.2, -0.15) is 171 Å². The van der Waals surface area contributed by atoms with E-state index >= 15 is 0 Å². The van der Waals surface area contributed by atoms with Crippen molar-refractivity contribution in [3.8, 4) is 0 Å². The van der Waals surface area contributed by atoms with Crippen LogP contribution < -0.4 is 15.9 Å². The lowest BCUT2D eigenvalue weighted by Gasteiger charge is -2.39. The Bertz CT molecular complexity index is 2480. The molecule has 0 aliphatic carbocycles. The molecule has 0 fully saturated rings. The zero-order valence-corrected chi connectivity index (χ0v) is 38.5. The smallest absolute Gasteiger partial charge is 0.195 e. The molecule has 0 aromatic heterocycles. The molecular formula is C42H18F39P. The first-order chi connectivity index (χ1) is 35.9. The van der Waals surface area contributed by atoms with E-state index in [-0.39, 0.29) is 0 Å². The van der Waals surface area contributed by atoms with Crippen molar-refractivity contribution >= 4 is 42.1 Å². The SMILES string of the molecule is FC(F)(F)C(F)(F)C(F)(F)C(F)(F)C(F)(F)C(F)(F)C=Cc1ccc(P(c2ccc(C=CC(F)(F)C(F)(F)C(F)(F)C(F)(F)C(F)(F)C(F)(F)F)cc2)c2ccc(C=CC(F)(F)C(F)(F)C(F)(F)C(F)(F)C(F)(F)C(F)(F)F)cc2)cc1. The maximum absolute atomic E-state index is 14.4. The molecule has 3 aromatic carbocycles. The summed E-state index contributed by atoms with van der Waals surface area (Å²) in [5, 5.41) is -1.23. The average Bonchev–Trinajstić information content (AvgIpc) is 3.32. The van der Waals surface area contributed by atoms with Gasteiger partial charge in [-0.25, -0.2) is 0 Å². The lowest BCUT2D eigenvalue weighted by atomic mass is 9.93. The maximum Gasteiger partial charge on any atom is 0.460 e. The van der Waals surface area contributed by atoms with E-state index in [0.29, 0.717) is 72.8 Å². The van der Waals surface area contributed by atoms with E-state index < -0.39 is 184 Å². The Hall–Kier alpha value is -5.42. The fourth-order valence-electron chi connectivity index (χ4n) is 5.91. The van der Waals surface area contributed by atoms with Crippen LogP contribution in [0.4, 0.5) is 171 Å². The summed E-state index contributed by atoms with van der Waals surface area (Å²) in [5.41, 5.74) is -2.97. The predicted molar refractivity (Wildman–Crippen MR) is 205 cm³/mol. The second-order valence-corrected chi connectivity index (χ2v) is 18.6. The van der Waals surface area contributed by atoms with Crippen LogP contribution >= 0.6 is 7.92 Å². The topological polar surface area (TPSA) is 0 Å². The van der Waals surface area contributed by atoms with Crippen molar-refractivity contribution in [2.45, 2.75) is 107 Å². The monoisotopic (exact) mass is 1290 g/mol. The Morgan fingerprint density at radius 3 is 0.488 bits per heavy atom. The number of benzene rings is 3. The van der Waals surface area contributed by atoms with E-state index in [1.165, 1.54) is 0 Å². The molecule has 0 saturated heterocycles. The first-order valence-corrected chi connectivity index (χ1v) is 21.3. The molecule has 0 N–H and O–H groups in total. The molecule has 0 spiro atoms. The van der Waals surface area contributed by atoms with Crippen LogP contribution in [0.2, 0.25) is 0 Å². The van der Waals surface area contributed by atoms with Gasteiger partial charge in [0.2, 0.25) is 0 Å². The molecule has 40 heteroatoms. The molecule has 3 aromatic rings. The summed E-state index contributed by atoms with van der Waals surface area (Å²) >= 11 is 0. The average molecular weight is 1290 g/mol.